The third-order valence-corrected chi connectivity index (χ3v) is 5.62. The fraction of sp³-hybridized carbons (Fsp3) is 0.286. The molecule has 0 aliphatic carbocycles. The molecule has 1 unspecified atom stereocenters. The van der Waals surface area contributed by atoms with Gasteiger partial charge in [-0.15, -0.1) is 0 Å². The number of hydrogen-bond donors (Lipinski definition) is 1. The van der Waals surface area contributed by atoms with Gasteiger partial charge in [-0.05, 0) is 31.2 Å². The summed E-state index contributed by atoms with van der Waals surface area (Å²) >= 11 is 5.95. The molecule has 0 saturated heterocycles. The fourth-order valence-corrected chi connectivity index (χ4v) is 3.65. The maximum atomic E-state index is 12.4. The summed E-state index contributed by atoms with van der Waals surface area (Å²) in [6, 6.07) is 10.1. The van der Waals surface area contributed by atoms with Crippen LogP contribution in [0.3, 0.4) is 0 Å². The van der Waals surface area contributed by atoms with E-state index in [0.29, 0.717) is 13.1 Å². The molecule has 1 atom stereocenters. The predicted molar refractivity (Wildman–Crippen MR) is 78.5 cm³/mol. The van der Waals surface area contributed by atoms with Gasteiger partial charge >= 0.3 is 0 Å². The van der Waals surface area contributed by atoms with Crippen LogP contribution in [-0.2, 0) is 16.4 Å². The van der Waals surface area contributed by atoms with E-state index in [2.05, 4.69) is 5.32 Å². The van der Waals surface area contributed by atoms with E-state index in [-0.39, 0.29) is 9.92 Å². The number of halogens is 1. The number of furan rings is 1. The normalized spacial score (nSPS) is 13.3. The molecule has 1 aromatic heterocycles. The van der Waals surface area contributed by atoms with Crippen LogP contribution in [0.25, 0.3) is 0 Å². The van der Waals surface area contributed by atoms with Crippen molar-refractivity contribution in [1.29, 1.82) is 0 Å². The van der Waals surface area contributed by atoms with Gasteiger partial charge in [0.2, 0.25) is 0 Å². The Kier molecular flexibility index (Phi) is 4.86. The second-order valence-corrected chi connectivity index (χ2v) is 7.24. The zero-order valence-electron chi connectivity index (χ0n) is 11.0. The molecular formula is C14H16ClNO3S. The molecule has 0 saturated carbocycles. The van der Waals surface area contributed by atoms with Crippen molar-refractivity contribution in [2.24, 2.45) is 0 Å². The Balaban J connectivity index is 2.01. The lowest BCUT2D eigenvalue weighted by Gasteiger charge is -2.14. The van der Waals surface area contributed by atoms with E-state index < -0.39 is 15.1 Å². The molecule has 2 aromatic rings. The van der Waals surface area contributed by atoms with Crippen LogP contribution in [-0.4, -0.2) is 20.2 Å². The smallest absolute Gasteiger partial charge is 0.183 e. The quantitative estimate of drug-likeness (QED) is 0.891. The highest BCUT2D eigenvalue weighted by Gasteiger charge is 2.25. The van der Waals surface area contributed by atoms with Gasteiger partial charge in [-0.3, -0.25) is 0 Å². The zero-order chi connectivity index (χ0) is 14.6. The fourth-order valence-electron chi connectivity index (χ4n) is 1.81. The minimum Gasteiger partial charge on any atom is -0.468 e. The molecule has 1 aromatic carbocycles. The molecule has 2 rings (SSSR count). The van der Waals surface area contributed by atoms with Crippen LogP contribution < -0.4 is 5.32 Å². The number of benzene rings is 1. The van der Waals surface area contributed by atoms with Crippen LogP contribution in [0.1, 0.15) is 12.7 Å². The van der Waals surface area contributed by atoms with Crippen molar-refractivity contribution in [3.05, 3.63) is 53.4 Å². The number of sulfone groups is 1. The van der Waals surface area contributed by atoms with Crippen LogP contribution in [0.4, 0.5) is 0 Å². The molecule has 0 radical (unpaired) electrons. The maximum absolute atomic E-state index is 12.4. The van der Waals surface area contributed by atoms with Crippen molar-refractivity contribution in [1.82, 2.24) is 5.32 Å². The molecule has 0 spiro atoms. The average molecular weight is 314 g/mol. The van der Waals surface area contributed by atoms with Gasteiger partial charge in [0.1, 0.15) is 5.76 Å². The Bertz CT molecular complexity index is 653. The first kappa shape index (κ1) is 15.1. The van der Waals surface area contributed by atoms with Crippen molar-refractivity contribution in [2.75, 3.05) is 6.54 Å². The molecule has 4 nitrogen and oxygen atoms in total. The molecule has 0 aliphatic rings. The summed E-state index contributed by atoms with van der Waals surface area (Å²) in [5.41, 5.74) is 0. The first-order chi connectivity index (χ1) is 9.51. The first-order valence-corrected chi connectivity index (χ1v) is 8.16. The lowest BCUT2D eigenvalue weighted by Crippen LogP contribution is -2.31. The summed E-state index contributed by atoms with van der Waals surface area (Å²) in [6.45, 7) is 2.48. The summed E-state index contributed by atoms with van der Waals surface area (Å²) in [7, 11) is -3.44. The Hall–Kier alpha value is -1.30. The van der Waals surface area contributed by atoms with E-state index in [1.807, 2.05) is 6.07 Å². The standard InChI is InChI=1S/C14H16ClNO3S/c1-11(9-16-10-12-5-4-8-19-12)20(17,18)14-7-3-2-6-13(14)15/h2-8,11,16H,9-10H2,1H3. The van der Waals surface area contributed by atoms with Crippen LogP contribution in [0.2, 0.25) is 5.02 Å². The first-order valence-electron chi connectivity index (χ1n) is 6.23. The van der Waals surface area contributed by atoms with Crippen LogP contribution >= 0.6 is 11.6 Å². The third kappa shape index (κ3) is 3.42. The molecule has 0 fully saturated rings. The van der Waals surface area contributed by atoms with Gasteiger partial charge in [0.05, 0.1) is 28.0 Å². The molecule has 6 heteroatoms. The van der Waals surface area contributed by atoms with E-state index in [9.17, 15) is 8.42 Å². The monoisotopic (exact) mass is 313 g/mol. The van der Waals surface area contributed by atoms with E-state index in [4.69, 9.17) is 16.0 Å². The summed E-state index contributed by atoms with van der Waals surface area (Å²) in [5.74, 6) is 0.771. The van der Waals surface area contributed by atoms with Gasteiger partial charge in [0, 0.05) is 6.54 Å². The molecule has 1 heterocycles. The summed E-state index contributed by atoms with van der Waals surface area (Å²) in [4.78, 5) is 0.175. The van der Waals surface area contributed by atoms with Crippen molar-refractivity contribution < 1.29 is 12.8 Å². The molecule has 0 aliphatic heterocycles. The van der Waals surface area contributed by atoms with Crippen molar-refractivity contribution in [2.45, 2.75) is 23.6 Å². The maximum Gasteiger partial charge on any atom is 0.183 e. The SMILES string of the molecule is CC(CNCc1ccco1)S(=O)(=O)c1ccccc1Cl. The van der Waals surface area contributed by atoms with E-state index in [1.165, 1.54) is 6.07 Å². The van der Waals surface area contributed by atoms with E-state index in [1.54, 1.807) is 37.5 Å². The molecule has 20 heavy (non-hydrogen) atoms. The zero-order valence-corrected chi connectivity index (χ0v) is 12.6. The number of nitrogens with one attached hydrogen (secondary N) is 1. The van der Waals surface area contributed by atoms with Crippen molar-refractivity contribution >= 4 is 21.4 Å². The van der Waals surface area contributed by atoms with Crippen LogP contribution in [0, 0.1) is 0 Å². The summed E-state index contributed by atoms with van der Waals surface area (Å²) in [6.07, 6.45) is 1.58. The number of rotatable bonds is 6. The number of hydrogen-bond acceptors (Lipinski definition) is 4. The minimum absolute atomic E-state index is 0.175. The van der Waals surface area contributed by atoms with Gasteiger partial charge < -0.3 is 9.73 Å². The Morgan fingerprint density at radius 2 is 2.00 bits per heavy atom. The molecule has 0 amide bonds. The second-order valence-electron chi connectivity index (χ2n) is 4.50. The summed E-state index contributed by atoms with van der Waals surface area (Å²) in [5, 5.41) is 2.75. The highest BCUT2D eigenvalue weighted by atomic mass is 35.5. The van der Waals surface area contributed by atoms with Crippen LogP contribution in [0.15, 0.2) is 52.0 Å². The molecule has 0 bridgehead atoms. The Morgan fingerprint density at radius 3 is 2.65 bits per heavy atom. The van der Waals surface area contributed by atoms with Gasteiger partial charge in [-0.1, -0.05) is 23.7 Å². The molecule has 1 N–H and O–H groups in total. The van der Waals surface area contributed by atoms with Crippen molar-refractivity contribution in [3.63, 3.8) is 0 Å². The predicted octanol–water partition coefficient (Wildman–Crippen LogP) is 2.89. The van der Waals surface area contributed by atoms with Crippen LogP contribution in [0.5, 0.6) is 0 Å². The van der Waals surface area contributed by atoms with Gasteiger partial charge in [-0.25, -0.2) is 8.42 Å². The molecular weight excluding hydrogens is 298 g/mol. The van der Waals surface area contributed by atoms with Gasteiger partial charge in [-0.2, -0.15) is 0 Å². The van der Waals surface area contributed by atoms with Gasteiger partial charge in [0.15, 0.2) is 9.84 Å². The van der Waals surface area contributed by atoms with Crippen molar-refractivity contribution in [3.8, 4) is 0 Å². The highest BCUT2D eigenvalue weighted by Crippen LogP contribution is 2.24. The highest BCUT2D eigenvalue weighted by molar-refractivity contribution is 7.92. The minimum atomic E-state index is -3.44. The second kappa shape index (κ2) is 6.43. The van der Waals surface area contributed by atoms with E-state index >= 15 is 0 Å². The van der Waals surface area contributed by atoms with Gasteiger partial charge in [0.25, 0.3) is 0 Å². The Labute approximate surface area is 123 Å². The third-order valence-electron chi connectivity index (χ3n) is 2.98. The molecule has 108 valence electrons. The largest absolute Gasteiger partial charge is 0.468 e. The summed E-state index contributed by atoms with van der Waals surface area (Å²) < 4.78 is 30.0. The lowest BCUT2D eigenvalue weighted by molar-refractivity contribution is 0.481. The topological polar surface area (TPSA) is 59.3 Å². The average Bonchev–Trinajstić information content (AvgIpc) is 2.92. The lowest BCUT2D eigenvalue weighted by atomic mass is 10.4. The Morgan fingerprint density at radius 1 is 1.25 bits per heavy atom. The van der Waals surface area contributed by atoms with E-state index in [0.717, 1.165) is 5.76 Å².